The van der Waals surface area contributed by atoms with Crippen LogP contribution >= 0.6 is 0 Å². The molecule has 0 aromatic carbocycles. The van der Waals surface area contributed by atoms with E-state index in [1.54, 1.807) is 0 Å². The average Bonchev–Trinajstić information content (AvgIpc) is 2.93. The van der Waals surface area contributed by atoms with Crippen LogP contribution < -0.4 is 0 Å². The summed E-state index contributed by atoms with van der Waals surface area (Å²) >= 11 is 0. The van der Waals surface area contributed by atoms with Crippen molar-refractivity contribution in [1.82, 2.24) is 0 Å². The highest BCUT2D eigenvalue weighted by Crippen LogP contribution is 2.17. The zero-order valence-corrected chi connectivity index (χ0v) is 13.7. The van der Waals surface area contributed by atoms with Gasteiger partial charge in [-0.25, -0.2) is 0 Å². The highest BCUT2D eigenvalue weighted by atomic mass is 16.7. The van der Waals surface area contributed by atoms with Crippen LogP contribution in [0, 0.1) is 0 Å². The number of aliphatic carboxylic acids is 1. The fourth-order valence-corrected chi connectivity index (χ4v) is 2.40. The molecule has 0 amide bonds. The fraction of sp³-hybridized carbons (Fsp3) is 0.722. The molecule has 4 nitrogen and oxygen atoms in total. The van der Waals surface area contributed by atoms with Gasteiger partial charge in [-0.2, -0.15) is 0 Å². The second-order valence-corrected chi connectivity index (χ2v) is 5.76. The molecule has 0 aromatic rings. The molecule has 0 aromatic heterocycles. The van der Waals surface area contributed by atoms with Gasteiger partial charge in [0.1, 0.15) is 0 Å². The van der Waals surface area contributed by atoms with Crippen molar-refractivity contribution in [2.24, 2.45) is 0 Å². The summed E-state index contributed by atoms with van der Waals surface area (Å²) in [5.74, 6) is -0.754. The Bertz CT molecular complexity index is 349. The first kappa shape index (κ1) is 18.9. The number of hydrogen-bond acceptors (Lipinski definition) is 3. The van der Waals surface area contributed by atoms with E-state index >= 15 is 0 Å². The van der Waals surface area contributed by atoms with Gasteiger partial charge < -0.3 is 14.6 Å². The zero-order chi connectivity index (χ0) is 16.0. The van der Waals surface area contributed by atoms with Gasteiger partial charge >= 0.3 is 5.97 Å². The predicted molar refractivity (Wildman–Crippen MR) is 87.8 cm³/mol. The molecular formula is C18H30O4. The van der Waals surface area contributed by atoms with E-state index in [1.165, 1.54) is 32.1 Å². The molecule has 0 saturated carbocycles. The molecule has 1 saturated heterocycles. The SMILES string of the molecule is CCCCCCCC=CC=CC1OCC(CCCC(=O)O)O1. The summed E-state index contributed by atoms with van der Waals surface area (Å²) in [5, 5.41) is 8.60. The minimum absolute atomic E-state index is 0.0246. The van der Waals surface area contributed by atoms with Gasteiger partial charge in [0.15, 0.2) is 6.29 Å². The van der Waals surface area contributed by atoms with Gasteiger partial charge in [-0.05, 0) is 31.8 Å². The predicted octanol–water partition coefficient (Wildman–Crippen LogP) is 4.46. The maximum absolute atomic E-state index is 10.4. The molecule has 1 aliphatic rings. The number of carbonyl (C=O) groups is 1. The molecule has 1 N–H and O–H groups in total. The average molecular weight is 310 g/mol. The lowest BCUT2D eigenvalue weighted by molar-refractivity contribution is -0.137. The summed E-state index contributed by atoms with van der Waals surface area (Å²) in [5.41, 5.74) is 0. The van der Waals surface area contributed by atoms with Crippen molar-refractivity contribution >= 4 is 5.97 Å². The smallest absolute Gasteiger partial charge is 0.303 e. The van der Waals surface area contributed by atoms with Crippen molar-refractivity contribution < 1.29 is 19.4 Å². The molecule has 0 bridgehead atoms. The van der Waals surface area contributed by atoms with E-state index in [2.05, 4.69) is 13.0 Å². The second kappa shape index (κ2) is 12.4. The largest absolute Gasteiger partial charge is 0.481 e. The maximum atomic E-state index is 10.4. The monoisotopic (exact) mass is 310 g/mol. The van der Waals surface area contributed by atoms with Gasteiger partial charge in [0.2, 0.25) is 0 Å². The molecule has 126 valence electrons. The fourth-order valence-electron chi connectivity index (χ4n) is 2.40. The molecule has 1 heterocycles. The van der Waals surface area contributed by atoms with Crippen molar-refractivity contribution in [3.8, 4) is 0 Å². The molecule has 0 spiro atoms. The first-order valence-electron chi connectivity index (χ1n) is 8.54. The van der Waals surface area contributed by atoms with Gasteiger partial charge in [0.25, 0.3) is 0 Å². The van der Waals surface area contributed by atoms with Gasteiger partial charge in [-0.15, -0.1) is 0 Å². The molecule has 1 rings (SSSR count). The van der Waals surface area contributed by atoms with Gasteiger partial charge in [0, 0.05) is 6.42 Å². The van der Waals surface area contributed by atoms with Crippen LogP contribution in [0.4, 0.5) is 0 Å². The topological polar surface area (TPSA) is 55.8 Å². The minimum Gasteiger partial charge on any atom is -0.481 e. The van der Waals surface area contributed by atoms with Crippen molar-refractivity contribution in [3.05, 3.63) is 24.3 Å². The van der Waals surface area contributed by atoms with E-state index in [0.29, 0.717) is 13.0 Å². The Balaban J connectivity index is 2.03. The summed E-state index contributed by atoms with van der Waals surface area (Å²) < 4.78 is 11.2. The third-order valence-corrected chi connectivity index (χ3v) is 3.68. The van der Waals surface area contributed by atoms with Crippen LogP contribution in [0.1, 0.15) is 64.7 Å². The molecule has 2 unspecified atom stereocenters. The maximum Gasteiger partial charge on any atom is 0.303 e. The van der Waals surface area contributed by atoms with Crippen LogP contribution in [0.2, 0.25) is 0 Å². The quantitative estimate of drug-likeness (QED) is 0.427. The Morgan fingerprint density at radius 2 is 2.00 bits per heavy atom. The number of hydrogen-bond donors (Lipinski definition) is 1. The van der Waals surface area contributed by atoms with Gasteiger partial charge in [0.05, 0.1) is 12.7 Å². The lowest BCUT2D eigenvalue weighted by Gasteiger charge is -2.07. The van der Waals surface area contributed by atoms with E-state index in [1.807, 2.05) is 18.2 Å². The second-order valence-electron chi connectivity index (χ2n) is 5.76. The number of ether oxygens (including phenoxy) is 2. The van der Waals surface area contributed by atoms with Crippen LogP contribution in [0.5, 0.6) is 0 Å². The lowest BCUT2D eigenvalue weighted by Crippen LogP contribution is -2.11. The molecule has 0 aliphatic carbocycles. The molecule has 0 radical (unpaired) electrons. The highest BCUT2D eigenvalue weighted by molar-refractivity contribution is 5.66. The van der Waals surface area contributed by atoms with E-state index in [-0.39, 0.29) is 18.8 Å². The first-order chi connectivity index (χ1) is 10.7. The third kappa shape index (κ3) is 9.74. The van der Waals surface area contributed by atoms with Crippen LogP contribution in [0.3, 0.4) is 0 Å². The number of rotatable bonds is 12. The molecule has 2 atom stereocenters. The van der Waals surface area contributed by atoms with Crippen LogP contribution in [-0.4, -0.2) is 30.1 Å². The number of allylic oxidation sites excluding steroid dienone is 3. The van der Waals surface area contributed by atoms with E-state index in [9.17, 15) is 4.79 Å². The third-order valence-electron chi connectivity index (χ3n) is 3.68. The summed E-state index contributed by atoms with van der Waals surface area (Å²) in [6.45, 7) is 2.78. The Labute approximate surface area is 134 Å². The normalized spacial score (nSPS) is 22.0. The Morgan fingerprint density at radius 3 is 2.77 bits per heavy atom. The molecule has 1 aliphatic heterocycles. The lowest BCUT2D eigenvalue weighted by atomic mass is 10.1. The molecular weight excluding hydrogens is 280 g/mol. The number of carboxylic acid groups (broad SMARTS) is 1. The Hall–Kier alpha value is -1.13. The van der Waals surface area contributed by atoms with Crippen LogP contribution in [-0.2, 0) is 14.3 Å². The van der Waals surface area contributed by atoms with Crippen molar-refractivity contribution in [2.75, 3.05) is 6.61 Å². The first-order valence-corrected chi connectivity index (χ1v) is 8.54. The summed E-state index contributed by atoms with van der Waals surface area (Å²) in [4.78, 5) is 10.4. The standard InChI is InChI=1S/C18H30O4/c1-2-3-4-5-6-7-8-9-10-14-18-21-15-16(22-18)12-11-13-17(19)20/h8-10,14,16,18H,2-7,11-13,15H2,1H3,(H,19,20). The van der Waals surface area contributed by atoms with E-state index < -0.39 is 5.97 Å². The van der Waals surface area contributed by atoms with Crippen LogP contribution in [0.25, 0.3) is 0 Å². The van der Waals surface area contributed by atoms with Crippen molar-refractivity contribution in [3.63, 3.8) is 0 Å². The number of carboxylic acids is 1. The highest BCUT2D eigenvalue weighted by Gasteiger charge is 2.23. The number of unbranched alkanes of at least 4 members (excludes halogenated alkanes) is 5. The molecule has 22 heavy (non-hydrogen) atoms. The van der Waals surface area contributed by atoms with E-state index in [0.717, 1.165) is 12.8 Å². The van der Waals surface area contributed by atoms with Crippen molar-refractivity contribution in [2.45, 2.75) is 77.1 Å². The molecule has 4 heteroatoms. The van der Waals surface area contributed by atoms with Crippen molar-refractivity contribution in [1.29, 1.82) is 0 Å². The Morgan fingerprint density at radius 1 is 1.18 bits per heavy atom. The Kier molecular flexibility index (Phi) is 10.7. The minimum atomic E-state index is -0.754. The van der Waals surface area contributed by atoms with Gasteiger partial charge in [-0.3, -0.25) is 4.79 Å². The molecule has 1 fully saturated rings. The summed E-state index contributed by atoms with van der Waals surface area (Å²) in [6.07, 6.45) is 17.1. The zero-order valence-electron chi connectivity index (χ0n) is 13.7. The van der Waals surface area contributed by atoms with E-state index in [4.69, 9.17) is 14.6 Å². The summed E-state index contributed by atoms with van der Waals surface area (Å²) in [6, 6.07) is 0. The van der Waals surface area contributed by atoms with Crippen LogP contribution in [0.15, 0.2) is 24.3 Å². The summed E-state index contributed by atoms with van der Waals surface area (Å²) in [7, 11) is 0. The van der Waals surface area contributed by atoms with Gasteiger partial charge in [-0.1, -0.05) is 50.8 Å².